The number of benzene rings is 1. The molecule has 0 fully saturated rings. The topological polar surface area (TPSA) is 133 Å². The number of carbonyl (C=O) groups is 2. The fourth-order valence-electron chi connectivity index (χ4n) is 2.70. The molecule has 9 heteroatoms. The average Bonchev–Trinajstić information content (AvgIpc) is 2.90. The van der Waals surface area contributed by atoms with E-state index < -0.39 is 23.2 Å². The Kier molecular flexibility index (Phi) is 4.59. The molecule has 2 heterocycles. The third kappa shape index (κ3) is 3.91. The van der Waals surface area contributed by atoms with Crippen LogP contribution in [0.5, 0.6) is 5.75 Å². The molecule has 27 heavy (non-hydrogen) atoms. The predicted octanol–water partition coefficient (Wildman–Crippen LogP) is 0.158. The van der Waals surface area contributed by atoms with Crippen molar-refractivity contribution in [2.45, 2.75) is 25.5 Å². The molecule has 5 N–H and O–H groups in total. The van der Waals surface area contributed by atoms with Crippen molar-refractivity contribution in [1.82, 2.24) is 9.55 Å². The van der Waals surface area contributed by atoms with E-state index in [0.717, 1.165) is 6.07 Å². The lowest BCUT2D eigenvalue weighted by molar-refractivity contribution is -0.120. The number of nitrogens with zero attached hydrogens (tertiary/aromatic N) is 2. The van der Waals surface area contributed by atoms with Crippen LogP contribution in [0.25, 0.3) is 11.4 Å². The molecule has 3 rings (SSSR count). The summed E-state index contributed by atoms with van der Waals surface area (Å²) in [5.74, 6) is 3.54. The summed E-state index contributed by atoms with van der Waals surface area (Å²) < 4.78 is 21.6. The normalized spacial score (nSPS) is 14.5. The summed E-state index contributed by atoms with van der Waals surface area (Å²) in [7, 11) is 0. The van der Waals surface area contributed by atoms with Gasteiger partial charge in [-0.1, -0.05) is 11.8 Å². The molecule has 2 aromatic rings. The van der Waals surface area contributed by atoms with E-state index in [-0.39, 0.29) is 30.0 Å². The van der Waals surface area contributed by atoms with E-state index in [1.165, 1.54) is 19.2 Å². The van der Waals surface area contributed by atoms with Gasteiger partial charge >= 0.3 is 0 Å². The summed E-state index contributed by atoms with van der Waals surface area (Å²) in [4.78, 5) is 26.6. The average molecular weight is 372 g/mol. The Morgan fingerprint density at radius 2 is 2.19 bits per heavy atom. The van der Waals surface area contributed by atoms with E-state index in [2.05, 4.69) is 16.8 Å². The number of rotatable bonds is 3. The number of halogens is 1. The molecule has 1 aliphatic heterocycles. The Morgan fingerprint density at radius 1 is 1.44 bits per heavy atom. The molecule has 2 amide bonds. The van der Waals surface area contributed by atoms with Crippen LogP contribution in [0.2, 0.25) is 0 Å². The van der Waals surface area contributed by atoms with E-state index in [0.29, 0.717) is 17.9 Å². The van der Waals surface area contributed by atoms with Gasteiger partial charge in [-0.2, -0.15) is 0 Å². The van der Waals surface area contributed by atoms with Gasteiger partial charge in [0.05, 0.1) is 24.1 Å². The van der Waals surface area contributed by atoms with Gasteiger partial charge in [-0.05, 0) is 13.0 Å². The van der Waals surface area contributed by atoms with Crippen molar-refractivity contribution in [1.29, 1.82) is 0 Å². The van der Waals surface area contributed by atoms with E-state index in [4.69, 9.17) is 16.2 Å². The molecule has 0 spiro atoms. The van der Waals surface area contributed by atoms with Gasteiger partial charge in [-0.3, -0.25) is 9.59 Å². The van der Waals surface area contributed by atoms with E-state index in [1.807, 2.05) is 0 Å². The molecule has 0 bridgehead atoms. The molecule has 1 aliphatic rings. The van der Waals surface area contributed by atoms with Gasteiger partial charge in [-0.25, -0.2) is 9.37 Å². The molecule has 0 radical (unpaired) electrons. The SMILES string of the molecule is CC(O)(C#Cc1cc2c(cc1F)OCCn1cc(C(N)=O)nc1-2)CC(N)=O. The van der Waals surface area contributed by atoms with E-state index in [9.17, 15) is 19.1 Å². The van der Waals surface area contributed by atoms with Crippen molar-refractivity contribution in [3.8, 4) is 29.0 Å². The summed E-state index contributed by atoms with van der Waals surface area (Å²) in [6.45, 7) is 1.97. The fraction of sp³-hybridized carbons (Fsp3) is 0.278. The molecule has 140 valence electrons. The lowest BCUT2D eigenvalue weighted by Gasteiger charge is -2.13. The van der Waals surface area contributed by atoms with E-state index in [1.54, 1.807) is 4.57 Å². The zero-order valence-electron chi connectivity index (χ0n) is 14.5. The van der Waals surface area contributed by atoms with Gasteiger partial charge in [0.2, 0.25) is 5.91 Å². The number of amides is 2. The maximum atomic E-state index is 14.4. The molecule has 1 atom stereocenters. The lowest BCUT2D eigenvalue weighted by Crippen LogP contribution is -2.29. The van der Waals surface area contributed by atoms with Gasteiger partial charge in [0.15, 0.2) is 0 Å². The zero-order chi connectivity index (χ0) is 19.8. The molecule has 0 aliphatic carbocycles. The van der Waals surface area contributed by atoms with Crippen LogP contribution in [0.1, 0.15) is 29.4 Å². The molecular formula is C18H17FN4O4. The molecular weight excluding hydrogens is 355 g/mol. The largest absolute Gasteiger partial charge is 0.491 e. The highest BCUT2D eigenvalue weighted by Gasteiger charge is 2.23. The Morgan fingerprint density at radius 3 is 2.85 bits per heavy atom. The number of ether oxygens (including phenoxy) is 1. The van der Waals surface area contributed by atoms with Gasteiger partial charge in [-0.15, -0.1) is 0 Å². The summed E-state index contributed by atoms with van der Waals surface area (Å²) in [6, 6.07) is 2.57. The number of hydrogen-bond acceptors (Lipinski definition) is 5. The number of nitrogens with two attached hydrogens (primary N) is 2. The Labute approximate surface area is 153 Å². The minimum absolute atomic E-state index is 0.0285. The Bertz CT molecular complexity index is 1000. The van der Waals surface area contributed by atoms with Gasteiger partial charge in [0, 0.05) is 12.3 Å². The van der Waals surface area contributed by atoms with Crippen molar-refractivity contribution in [3.63, 3.8) is 0 Å². The van der Waals surface area contributed by atoms with Crippen LogP contribution >= 0.6 is 0 Å². The molecule has 1 unspecified atom stereocenters. The minimum Gasteiger partial charge on any atom is -0.491 e. The Balaban J connectivity index is 2.08. The molecule has 0 saturated carbocycles. The number of hydrogen-bond donors (Lipinski definition) is 3. The molecule has 0 saturated heterocycles. The van der Waals surface area contributed by atoms with Gasteiger partial charge in [0.25, 0.3) is 5.91 Å². The Hall–Kier alpha value is -3.38. The van der Waals surface area contributed by atoms with Crippen LogP contribution in [0.15, 0.2) is 18.3 Å². The second kappa shape index (κ2) is 6.74. The van der Waals surface area contributed by atoms with Crippen molar-refractivity contribution in [3.05, 3.63) is 35.4 Å². The summed E-state index contributed by atoms with van der Waals surface area (Å²) in [5.41, 5.74) is 9.13. The van der Waals surface area contributed by atoms with E-state index >= 15 is 0 Å². The maximum Gasteiger partial charge on any atom is 0.268 e. The minimum atomic E-state index is -1.70. The molecule has 1 aromatic carbocycles. The zero-order valence-corrected chi connectivity index (χ0v) is 14.5. The van der Waals surface area contributed by atoms with Crippen molar-refractivity contribution in [2.24, 2.45) is 11.5 Å². The first-order valence-corrected chi connectivity index (χ1v) is 8.04. The predicted molar refractivity (Wildman–Crippen MR) is 92.9 cm³/mol. The first-order chi connectivity index (χ1) is 12.7. The van der Waals surface area contributed by atoms with Crippen LogP contribution in [0.4, 0.5) is 4.39 Å². The number of fused-ring (bicyclic) bond motifs is 3. The quantitative estimate of drug-likeness (QED) is 0.660. The highest BCUT2D eigenvalue weighted by Crippen LogP contribution is 2.34. The van der Waals surface area contributed by atoms with Crippen LogP contribution in [0, 0.1) is 17.7 Å². The van der Waals surface area contributed by atoms with Crippen molar-refractivity contribution < 1.29 is 23.8 Å². The third-order valence-electron chi connectivity index (χ3n) is 3.91. The van der Waals surface area contributed by atoms with Crippen molar-refractivity contribution >= 4 is 11.8 Å². The number of aliphatic hydroxyl groups is 1. The number of aromatic nitrogens is 2. The first-order valence-electron chi connectivity index (χ1n) is 8.04. The molecule has 1 aromatic heterocycles. The second-order valence-corrected chi connectivity index (χ2v) is 6.35. The second-order valence-electron chi connectivity index (χ2n) is 6.35. The van der Waals surface area contributed by atoms with Crippen molar-refractivity contribution in [2.75, 3.05) is 6.61 Å². The lowest BCUT2D eigenvalue weighted by atomic mass is 10.0. The standard InChI is InChI=1S/C18H17FN4O4/c1-18(26,8-15(20)24)3-2-10-6-11-14(7-12(10)19)27-5-4-23-9-13(16(21)25)22-17(11)23/h6-7,9,26H,4-5,8H2,1H3,(H2,20,24)(H2,21,25). The summed E-state index contributed by atoms with van der Waals surface area (Å²) in [5, 5.41) is 10.1. The van der Waals surface area contributed by atoms with Crippen LogP contribution in [0.3, 0.4) is 0 Å². The fourth-order valence-corrected chi connectivity index (χ4v) is 2.70. The third-order valence-corrected chi connectivity index (χ3v) is 3.91. The smallest absolute Gasteiger partial charge is 0.268 e. The van der Waals surface area contributed by atoms with Gasteiger partial charge < -0.3 is 25.9 Å². The van der Waals surface area contributed by atoms with Crippen LogP contribution in [-0.2, 0) is 11.3 Å². The highest BCUT2D eigenvalue weighted by molar-refractivity contribution is 5.91. The van der Waals surface area contributed by atoms with Crippen LogP contribution < -0.4 is 16.2 Å². The van der Waals surface area contributed by atoms with Gasteiger partial charge in [0.1, 0.15) is 35.3 Å². The summed E-state index contributed by atoms with van der Waals surface area (Å²) in [6.07, 6.45) is 1.12. The number of primary amides is 2. The monoisotopic (exact) mass is 372 g/mol. The molecule has 8 nitrogen and oxygen atoms in total. The van der Waals surface area contributed by atoms with Crippen LogP contribution in [-0.4, -0.2) is 38.7 Å². The summed E-state index contributed by atoms with van der Waals surface area (Å²) >= 11 is 0. The first kappa shape index (κ1) is 18.4. The number of carbonyl (C=O) groups excluding carboxylic acids is 2. The maximum absolute atomic E-state index is 14.4. The number of imidazole rings is 1. The highest BCUT2D eigenvalue weighted by atomic mass is 19.1.